The Balaban J connectivity index is 0.000000164. The number of carbonyl (C=O) groups is 2. The van der Waals surface area contributed by atoms with Crippen molar-refractivity contribution in [3.63, 3.8) is 0 Å². The monoisotopic (exact) mass is 297 g/mol. The summed E-state index contributed by atoms with van der Waals surface area (Å²) in [4.78, 5) is 20.7. The number of benzene rings is 2. The minimum atomic E-state index is -0.274. The summed E-state index contributed by atoms with van der Waals surface area (Å²) in [6, 6.07) is 11.7. The van der Waals surface area contributed by atoms with Gasteiger partial charge in [-0.2, -0.15) is 0 Å². The predicted octanol–water partition coefficient (Wildman–Crippen LogP) is 2.90. The van der Waals surface area contributed by atoms with Crippen molar-refractivity contribution in [2.75, 3.05) is 0 Å². The van der Waals surface area contributed by atoms with E-state index in [1.807, 2.05) is 42.1 Å². The fourth-order valence-corrected chi connectivity index (χ4v) is 2.08. The smallest absolute Gasteiger partial charge is 0.158 e. The number of aromatic hydroxyl groups is 2. The van der Waals surface area contributed by atoms with Crippen LogP contribution < -0.4 is 0 Å². The van der Waals surface area contributed by atoms with Crippen LogP contribution in [0.5, 0.6) is 11.5 Å². The van der Waals surface area contributed by atoms with Gasteiger partial charge in [0.2, 0.25) is 0 Å². The van der Waals surface area contributed by atoms with E-state index in [0.717, 1.165) is 22.8 Å². The van der Waals surface area contributed by atoms with Gasteiger partial charge in [0.05, 0.1) is 0 Å². The molecule has 0 atom stereocenters. The Bertz CT molecular complexity index is 821. The quantitative estimate of drug-likeness (QED) is 0.563. The normalized spacial score (nSPS) is 9.86. The number of rotatable bonds is 2. The minimum Gasteiger partial charge on any atom is -0.504 e. The first-order valence-electron chi connectivity index (χ1n) is 6.53. The molecule has 5 heteroatoms. The molecule has 0 aliphatic carbocycles. The van der Waals surface area contributed by atoms with Gasteiger partial charge in [-0.1, -0.05) is 18.2 Å². The topological polar surface area (TPSA) is 79.5 Å². The number of fused-ring (bicyclic) bond motifs is 1. The van der Waals surface area contributed by atoms with Crippen LogP contribution in [-0.2, 0) is 7.05 Å². The van der Waals surface area contributed by atoms with E-state index in [-0.39, 0.29) is 11.5 Å². The second kappa shape index (κ2) is 6.58. The molecule has 0 unspecified atom stereocenters. The molecule has 2 aromatic carbocycles. The molecule has 3 aromatic rings. The van der Waals surface area contributed by atoms with Gasteiger partial charge in [0.15, 0.2) is 17.8 Å². The first-order valence-corrected chi connectivity index (χ1v) is 6.53. The van der Waals surface area contributed by atoms with Crippen LogP contribution in [-0.4, -0.2) is 27.4 Å². The molecule has 112 valence electrons. The van der Waals surface area contributed by atoms with Crippen molar-refractivity contribution in [1.82, 2.24) is 4.57 Å². The molecule has 0 spiro atoms. The molecular formula is C17H15NO4. The molecule has 0 aliphatic rings. The van der Waals surface area contributed by atoms with Crippen molar-refractivity contribution in [2.45, 2.75) is 0 Å². The van der Waals surface area contributed by atoms with E-state index in [9.17, 15) is 9.59 Å². The van der Waals surface area contributed by atoms with Crippen LogP contribution in [0.4, 0.5) is 0 Å². The molecule has 0 bridgehead atoms. The Labute approximate surface area is 127 Å². The summed E-state index contributed by atoms with van der Waals surface area (Å²) in [6.07, 6.45) is 3.33. The maximum absolute atomic E-state index is 10.6. The zero-order valence-corrected chi connectivity index (χ0v) is 11.9. The highest BCUT2D eigenvalue weighted by Gasteiger charge is 2.02. The number of phenolic OH excluding ortho intramolecular Hbond substituents is 2. The fourth-order valence-electron chi connectivity index (χ4n) is 2.08. The van der Waals surface area contributed by atoms with Crippen LogP contribution in [0.25, 0.3) is 10.9 Å². The van der Waals surface area contributed by atoms with E-state index >= 15 is 0 Å². The molecule has 1 heterocycles. The number of aryl methyl sites for hydroxylation is 1. The van der Waals surface area contributed by atoms with Crippen LogP contribution in [0.2, 0.25) is 0 Å². The van der Waals surface area contributed by atoms with Crippen LogP contribution in [0.3, 0.4) is 0 Å². The molecule has 22 heavy (non-hydrogen) atoms. The van der Waals surface area contributed by atoms with E-state index in [1.165, 1.54) is 18.2 Å². The summed E-state index contributed by atoms with van der Waals surface area (Å²) in [5, 5.41) is 18.6. The number of aromatic nitrogens is 1. The maximum atomic E-state index is 10.6. The van der Waals surface area contributed by atoms with Crippen molar-refractivity contribution >= 4 is 23.5 Å². The van der Waals surface area contributed by atoms with Crippen LogP contribution >= 0.6 is 0 Å². The molecule has 0 saturated carbocycles. The van der Waals surface area contributed by atoms with Gasteiger partial charge in [0.25, 0.3) is 0 Å². The van der Waals surface area contributed by atoms with E-state index in [2.05, 4.69) is 0 Å². The van der Waals surface area contributed by atoms with Crippen molar-refractivity contribution in [3.8, 4) is 11.5 Å². The van der Waals surface area contributed by atoms with E-state index in [1.54, 1.807) is 0 Å². The molecule has 0 radical (unpaired) electrons. The lowest BCUT2D eigenvalue weighted by molar-refractivity contribution is 0.111. The van der Waals surface area contributed by atoms with E-state index < -0.39 is 0 Å². The van der Waals surface area contributed by atoms with Crippen molar-refractivity contribution in [2.24, 2.45) is 7.05 Å². The van der Waals surface area contributed by atoms with Crippen molar-refractivity contribution in [1.29, 1.82) is 0 Å². The fraction of sp³-hybridized carbons (Fsp3) is 0.0588. The number of nitrogens with zero attached hydrogens (tertiary/aromatic N) is 1. The lowest BCUT2D eigenvalue weighted by atomic mass is 10.2. The largest absolute Gasteiger partial charge is 0.504 e. The first-order chi connectivity index (χ1) is 10.6. The van der Waals surface area contributed by atoms with Gasteiger partial charge in [-0.3, -0.25) is 9.59 Å². The highest BCUT2D eigenvalue weighted by molar-refractivity contribution is 5.97. The average Bonchev–Trinajstić information content (AvgIpc) is 2.87. The molecule has 1 aromatic heterocycles. The van der Waals surface area contributed by atoms with Gasteiger partial charge in [0, 0.05) is 35.3 Å². The maximum Gasteiger partial charge on any atom is 0.158 e. The number of aldehydes is 2. The van der Waals surface area contributed by atoms with Crippen LogP contribution in [0.1, 0.15) is 20.7 Å². The van der Waals surface area contributed by atoms with Gasteiger partial charge in [-0.05, 0) is 24.3 Å². The Hall–Kier alpha value is -3.08. The Kier molecular flexibility index (Phi) is 4.58. The van der Waals surface area contributed by atoms with Crippen molar-refractivity contribution in [3.05, 3.63) is 59.8 Å². The Morgan fingerprint density at radius 1 is 0.955 bits per heavy atom. The second-order valence-electron chi connectivity index (χ2n) is 4.70. The Morgan fingerprint density at radius 3 is 2.32 bits per heavy atom. The summed E-state index contributed by atoms with van der Waals surface area (Å²) in [6.45, 7) is 0. The van der Waals surface area contributed by atoms with E-state index in [4.69, 9.17) is 10.2 Å². The molecule has 0 fully saturated rings. The third-order valence-corrected chi connectivity index (χ3v) is 3.19. The summed E-state index contributed by atoms with van der Waals surface area (Å²) in [7, 11) is 1.94. The van der Waals surface area contributed by atoms with Crippen LogP contribution in [0.15, 0.2) is 48.7 Å². The number of carbonyl (C=O) groups excluding carboxylic acids is 2. The number of hydrogen-bond donors (Lipinski definition) is 2. The number of hydrogen-bond acceptors (Lipinski definition) is 4. The minimum absolute atomic E-state index is 0.217. The van der Waals surface area contributed by atoms with Crippen LogP contribution in [0, 0.1) is 0 Å². The lowest BCUT2D eigenvalue weighted by Crippen LogP contribution is -1.81. The van der Waals surface area contributed by atoms with Crippen molar-refractivity contribution < 1.29 is 19.8 Å². The first kappa shape index (κ1) is 15.3. The van der Waals surface area contributed by atoms with Gasteiger partial charge >= 0.3 is 0 Å². The summed E-state index contributed by atoms with van der Waals surface area (Å²) < 4.78 is 1.96. The second-order valence-corrected chi connectivity index (χ2v) is 4.70. The number of para-hydroxylation sites is 1. The third-order valence-electron chi connectivity index (χ3n) is 3.19. The molecule has 0 saturated heterocycles. The summed E-state index contributed by atoms with van der Waals surface area (Å²) in [5.74, 6) is -0.491. The molecule has 3 rings (SSSR count). The predicted molar refractivity (Wildman–Crippen MR) is 83.5 cm³/mol. The summed E-state index contributed by atoms with van der Waals surface area (Å²) in [5.41, 5.74) is 2.20. The van der Waals surface area contributed by atoms with Gasteiger partial charge in [-0.25, -0.2) is 0 Å². The average molecular weight is 297 g/mol. The summed E-state index contributed by atoms with van der Waals surface area (Å²) >= 11 is 0. The van der Waals surface area contributed by atoms with Gasteiger partial charge < -0.3 is 14.8 Å². The zero-order chi connectivity index (χ0) is 16.1. The standard InChI is InChI=1S/C10H9NO.C7H6O3/c1-11-6-8(7-12)9-4-2-3-5-10(9)11;8-4-5-1-2-6(9)7(10)3-5/h2-7H,1H3;1-4,9-10H. The Morgan fingerprint density at radius 2 is 1.68 bits per heavy atom. The molecule has 0 aliphatic heterocycles. The van der Waals surface area contributed by atoms with Gasteiger partial charge in [0.1, 0.15) is 6.29 Å². The molecule has 0 amide bonds. The highest BCUT2D eigenvalue weighted by Crippen LogP contribution is 2.23. The molecular weight excluding hydrogens is 282 g/mol. The lowest BCUT2D eigenvalue weighted by Gasteiger charge is -1.95. The highest BCUT2D eigenvalue weighted by atomic mass is 16.3. The zero-order valence-electron chi connectivity index (χ0n) is 11.9. The SMILES string of the molecule is Cn1cc(C=O)c2ccccc21.O=Cc1ccc(O)c(O)c1. The third kappa shape index (κ3) is 3.15. The number of phenols is 2. The molecule has 2 N–H and O–H groups in total. The van der Waals surface area contributed by atoms with Gasteiger partial charge in [-0.15, -0.1) is 0 Å². The molecule has 5 nitrogen and oxygen atoms in total. The van der Waals surface area contributed by atoms with E-state index in [0.29, 0.717) is 11.8 Å².